The molecule has 0 bridgehead atoms. The van der Waals surface area contributed by atoms with Crippen LogP contribution in [0, 0.1) is 6.92 Å². The highest BCUT2D eigenvalue weighted by molar-refractivity contribution is 6.30. The minimum atomic E-state index is -0.543. The molecule has 0 spiro atoms. The Morgan fingerprint density at radius 3 is 1.78 bits per heavy atom. The molecule has 1 aliphatic carbocycles. The van der Waals surface area contributed by atoms with Gasteiger partial charge in [-0.2, -0.15) is 0 Å². The number of nitrogens with zero attached hydrogens (tertiary/aromatic N) is 2. The van der Waals surface area contributed by atoms with Gasteiger partial charge in [-0.15, -0.1) is 0 Å². The van der Waals surface area contributed by atoms with Gasteiger partial charge in [-0.05, 0) is 69.6 Å². The Morgan fingerprint density at radius 2 is 1.02 bits per heavy atom. The number of fused-ring (bicyclic) bond motifs is 3. The fourth-order valence-corrected chi connectivity index (χ4v) is 7.35. The van der Waals surface area contributed by atoms with Crippen molar-refractivity contribution in [3.8, 4) is 44.8 Å². The van der Waals surface area contributed by atoms with Crippen molar-refractivity contribution < 1.29 is 0 Å². The summed E-state index contributed by atoms with van der Waals surface area (Å²) in [5, 5.41) is 0.720. The van der Waals surface area contributed by atoms with Gasteiger partial charge in [-0.1, -0.05) is 151 Å². The van der Waals surface area contributed by atoms with Crippen LogP contribution in [-0.4, -0.2) is 9.97 Å². The van der Waals surface area contributed by atoms with Gasteiger partial charge in [0.15, 0.2) is 0 Å². The fraction of sp³-hybridized carbons (Fsp3) is 0.0476. The van der Waals surface area contributed by atoms with Crippen molar-refractivity contribution in [1.82, 2.24) is 9.97 Å². The number of benzene rings is 6. The zero-order chi connectivity index (χ0) is 30.4. The van der Waals surface area contributed by atoms with Crippen molar-refractivity contribution in [2.75, 3.05) is 0 Å². The largest absolute Gasteiger partial charge is 0.233 e. The normalized spacial score (nSPS) is 15.0. The highest BCUT2D eigenvalue weighted by atomic mass is 35.5. The maximum atomic E-state index is 6.69. The molecule has 1 unspecified atom stereocenters. The van der Waals surface area contributed by atoms with Crippen LogP contribution in [0.2, 0.25) is 5.02 Å². The zero-order valence-corrected chi connectivity index (χ0v) is 25.5. The van der Waals surface area contributed by atoms with Crippen LogP contribution in [0.1, 0.15) is 28.1 Å². The van der Waals surface area contributed by atoms with E-state index in [1.165, 1.54) is 27.8 Å². The molecule has 3 heteroatoms. The Kier molecular flexibility index (Phi) is 6.66. The van der Waals surface area contributed by atoms with E-state index < -0.39 is 5.41 Å². The van der Waals surface area contributed by atoms with Crippen molar-refractivity contribution in [2.45, 2.75) is 12.3 Å². The quantitative estimate of drug-likeness (QED) is 0.197. The van der Waals surface area contributed by atoms with Crippen molar-refractivity contribution in [3.05, 3.63) is 191 Å². The first-order valence-corrected chi connectivity index (χ1v) is 15.6. The third-order valence-corrected chi connectivity index (χ3v) is 9.17. The summed E-state index contributed by atoms with van der Waals surface area (Å²) >= 11 is 6.69. The standard InChI is InChI=1S/C42H29ClN2/c1-28-44-39(34-21-9-8-20-33(34)29-14-4-2-5-15-29)27-40(45-28)36-23-13-25-38-41(36)35-22-10-11-24-37(35)42(38,30-16-6-3-7-17-30)31-18-12-19-32(43)26-31/h2-27H,1H3. The SMILES string of the molecule is Cc1nc(-c2ccccc2-c2ccccc2)cc(-c2cccc3c2-c2ccccc2C3(c2ccccc2)c2cccc(Cl)c2)n1. The summed E-state index contributed by atoms with van der Waals surface area (Å²) in [6.07, 6.45) is 0. The number of halogens is 1. The van der Waals surface area contributed by atoms with Crippen LogP contribution in [0.5, 0.6) is 0 Å². The molecular weight excluding hydrogens is 568 g/mol. The molecule has 1 aromatic heterocycles. The lowest BCUT2D eigenvalue weighted by atomic mass is 9.67. The van der Waals surface area contributed by atoms with Crippen LogP contribution >= 0.6 is 11.6 Å². The lowest BCUT2D eigenvalue weighted by Crippen LogP contribution is -2.28. The number of aryl methyl sites for hydroxylation is 1. The topological polar surface area (TPSA) is 25.8 Å². The molecule has 2 nitrogen and oxygen atoms in total. The van der Waals surface area contributed by atoms with Crippen molar-refractivity contribution in [3.63, 3.8) is 0 Å². The second kappa shape index (κ2) is 11.0. The average molecular weight is 597 g/mol. The Labute approximate surface area is 268 Å². The van der Waals surface area contributed by atoms with E-state index in [9.17, 15) is 0 Å². The summed E-state index contributed by atoms with van der Waals surface area (Å²) in [6.45, 7) is 1.98. The molecule has 45 heavy (non-hydrogen) atoms. The van der Waals surface area contributed by atoms with Gasteiger partial charge < -0.3 is 0 Å². The molecule has 0 saturated heterocycles. The maximum Gasteiger partial charge on any atom is 0.126 e. The molecule has 0 saturated carbocycles. The summed E-state index contributed by atoms with van der Waals surface area (Å²) < 4.78 is 0. The van der Waals surface area contributed by atoms with Gasteiger partial charge in [-0.3, -0.25) is 0 Å². The first-order valence-electron chi connectivity index (χ1n) is 15.2. The lowest BCUT2D eigenvalue weighted by Gasteiger charge is -2.34. The molecule has 1 atom stereocenters. The van der Waals surface area contributed by atoms with Gasteiger partial charge in [0.05, 0.1) is 16.8 Å². The highest BCUT2D eigenvalue weighted by Gasteiger charge is 2.47. The maximum absolute atomic E-state index is 6.69. The second-order valence-electron chi connectivity index (χ2n) is 11.5. The van der Waals surface area contributed by atoms with E-state index in [1.54, 1.807) is 0 Å². The summed E-state index contributed by atoms with van der Waals surface area (Å²) in [7, 11) is 0. The predicted molar refractivity (Wildman–Crippen MR) is 185 cm³/mol. The fourth-order valence-electron chi connectivity index (χ4n) is 7.16. The summed E-state index contributed by atoms with van der Waals surface area (Å²) in [6, 6.07) is 55.6. The highest BCUT2D eigenvalue weighted by Crippen LogP contribution is 2.58. The van der Waals surface area contributed by atoms with Crippen LogP contribution in [0.3, 0.4) is 0 Å². The van der Waals surface area contributed by atoms with E-state index in [-0.39, 0.29) is 0 Å². The number of hydrogen-bond donors (Lipinski definition) is 0. The lowest BCUT2D eigenvalue weighted by molar-refractivity contribution is 0.768. The van der Waals surface area contributed by atoms with Gasteiger partial charge in [0, 0.05) is 16.1 Å². The van der Waals surface area contributed by atoms with Gasteiger partial charge in [-0.25, -0.2) is 9.97 Å². The van der Waals surface area contributed by atoms with Gasteiger partial charge >= 0.3 is 0 Å². The smallest absolute Gasteiger partial charge is 0.126 e. The molecule has 0 aliphatic heterocycles. The third-order valence-electron chi connectivity index (χ3n) is 8.94. The molecule has 214 valence electrons. The summed E-state index contributed by atoms with van der Waals surface area (Å²) in [5.74, 6) is 0.735. The third kappa shape index (κ3) is 4.41. The molecule has 0 radical (unpaired) electrons. The monoisotopic (exact) mass is 596 g/mol. The van der Waals surface area contributed by atoms with Crippen LogP contribution in [0.15, 0.2) is 158 Å². The number of aromatic nitrogens is 2. The molecule has 6 aromatic carbocycles. The minimum absolute atomic E-state index is 0.543. The molecule has 1 heterocycles. The average Bonchev–Trinajstić information content (AvgIpc) is 3.40. The van der Waals surface area contributed by atoms with E-state index in [4.69, 9.17) is 21.6 Å². The minimum Gasteiger partial charge on any atom is -0.233 e. The number of hydrogen-bond acceptors (Lipinski definition) is 2. The summed E-state index contributed by atoms with van der Waals surface area (Å²) in [5.41, 5.74) is 12.9. The molecule has 1 aliphatic rings. The van der Waals surface area contributed by atoms with E-state index >= 15 is 0 Å². The van der Waals surface area contributed by atoms with Crippen LogP contribution in [0.25, 0.3) is 44.8 Å². The van der Waals surface area contributed by atoms with Gasteiger partial charge in [0.1, 0.15) is 5.82 Å². The first kappa shape index (κ1) is 27.3. The zero-order valence-electron chi connectivity index (χ0n) is 24.8. The van der Waals surface area contributed by atoms with Crippen LogP contribution in [-0.2, 0) is 5.41 Å². The van der Waals surface area contributed by atoms with Crippen molar-refractivity contribution in [2.24, 2.45) is 0 Å². The van der Waals surface area contributed by atoms with E-state index in [0.717, 1.165) is 50.1 Å². The van der Waals surface area contributed by atoms with Crippen molar-refractivity contribution >= 4 is 11.6 Å². The molecule has 7 aromatic rings. The van der Waals surface area contributed by atoms with Crippen molar-refractivity contribution in [1.29, 1.82) is 0 Å². The van der Waals surface area contributed by atoms with Crippen LogP contribution < -0.4 is 0 Å². The number of rotatable bonds is 5. The van der Waals surface area contributed by atoms with E-state index in [0.29, 0.717) is 0 Å². The summed E-state index contributed by atoms with van der Waals surface area (Å²) in [4.78, 5) is 10.0. The molecular formula is C42H29ClN2. The predicted octanol–water partition coefficient (Wildman–Crippen LogP) is 10.8. The second-order valence-corrected chi connectivity index (χ2v) is 11.9. The van der Waals surface area contributed by atoms with Gasteiger partial charge in [0.25, 0.3) is 0 Å². The van der Waals surface area contributed by atoms with Crippen LogP contribution in [0.4, 0.5) is 0 Å². The van der Waals surface area contributed by atoms with Gasteiger partial charge in [0.2, 0.25) is 0 Å². The Morgan fingerprint density at radius 1 is 0.467 bits per heavy atom. The molecule has 0 fully saturated rings. The van der Waals surface area contributed by atoms with E-state index in [1.807, 2.05) is 19.1 Å². The molecule has 8 rings (SSSR count). The molecule has 0 N–H and O–H groups in total. The van der Waals surface area contributed by atoms with E-state index in [2.05, 4.69) is 146 Å². The molecule has 0 amide bonds. The Balaban J connectivity index is 1.40. The Hall–Kier alpha value is -5.31. The first-order chi connectivity index (χ1) is 22.1. The Bertz CT molecular complexity index is 2190.